The van der Waals surface area contributed by atoms with Crippen LogP contribution in [-0.4, -0.2) is 17.4 Å². The SMILES string of the molecule is Cc1ncc(CNC(=O)N[C@@H](C)c2ccc(OC(F)(F)F)cc2)s1. The van der Waals surface area contributed by atoms with Crippen LogP contribution in [0.5, 0.6) is 5.75 Å². The Kier molecular flexibility index (Phi) is 5.66. The van der Waals surface area contributed by atoms with Gasteiger partial charge in [-0.25, -0.2) is 9.78 Å². The van der Waals surface area contributed by atoms with Crippen LogP contribution in [0.2, 0.25) is 0 Å². The van der Waals surface area contributed by atoms with Crippen molar-refractivity contribution in [1.29, 1.82) is 0 Å². The first-order chi connectivity index (χ1) is 11.2. The second kappa shape index (κ2) is 7.52. The molecule has 0 fully saturated rings. The molecule has 0 aliphatic heterocycles. The zero-order valence-electron chi connectivity index (χ0n) is 13.0. The third-order valence-corrected chi connectivity index (χ3v) is 3.97. The molecule has 0 aliphatic carbocycles. The van der Waals surface area contributed by atoms with E-state index in [0.717, 1.165) is 9.88 Å². The Balaban J connectivity index is 1.84. The van der Waals surface area contributed by atoms with Crippen LogP contribution < -0.4 is 15.4 Å². The third-order valence-electron chi connectivity index (χ3n) is 3.05. The molecule has 130 valence electrons. The van der Waals surface area contributed by atoms with Gasteiger partial charge in [-0.05, 0) is 31.5 Å². The predicted molar refractivity (Wildman–Crippen MR) is 83.8 cm³/mol. The Hall–Kier alpha value is -2.29. The maximum Gasteiger partial charge on any atom is 0.573 e. The quantitative estimate of drug-likeness (QED) is 0.851. The highest BCUT2D eigenvalue weighted by Crippen LogP contribution is 2.24. The van der Waals surface area contributed by atoms with Gasteiger partial charge in [0.15, 0.2) is 0 Å². The standard InChI is InChI=1S/C15H16F3N3O2S/c1-9(11-3-5-12(6-4-11)23-15(16,17)18)21-14(22)20-8-13-7-19-10(2)24-13/h3-7,9H,8H2,1-2H3,(H2,20,21,22)/t9-/m0/s1. The first-order valence-corrected chi connectivity index (χ1v) is 7.86. The average Bonchev–Trinajstić information content (AvgIpc) is 2.90. The number of halogens is 3. The summed E-state index contributed by atoms with van der Waals surface area (Å²) in [6.45, 7) is 3.97. The number of hydrogen-bond donors (Lipinski definition) is 2. The van der Waals surface area contributed by atoms with Gasteiger partial charge in [0.1, 0.15) is 5.75 Å². The van der Waals surface area contributed by atoms with E-state index >= 15 is 0 Å². The summed E-state index contributed by atoms with van der Waals surface area (Å²) in [6.07, 6.45) is -3.02. The molecule has 1 atom stereocenters. The molecule has 0 bridgehead atoms. The third kappa shape index (κ3) is 5.73. The van der Waals surface area contributed by atoms with Gasteiger partial charge in [0.2, 0.25) is 0 Å². The molecular weight excluding hydrogens is 343 g/mol. The molecule has 2 amide bonds. The van der Waals surface area contributed by atoms with E-state index in [-0.39, 0.29) is 17.8 Å². The van der Waals surface area contributed by atoms with Gasteiger partial charge in [0.05, 0.1) is 17.6 Å². The van der Waals surface area contributed by atoms with Crippen LogP contribution in [0.25, 0.3) is 0 Å². The van der Waals surface area contributed by atoms with E-state index in [0.29, 0.717) is 12.1 Å². The van der Waals surface area contributed by atoms with Gasteiger partial charge in [-0.3, -0.25) is 0 Å². The topological polar surface area (TPSA) is 63.2 Å². The number of benzene rings is 1. The molecule has 0 saturated heterocycles. The van der Waals surface area contributed by atoms with Crippen molar-refractivity contribution >= 4 is 17.4 Å². The number of nitrogens with zero attached hydrogens (tertiary/aromatic N) is 1. The number of carbonyl (C=O) groups is 1. The molecule has 5 nitrogen and oxygen atoms in total. The number of thiazole rings is 1. The highest BCUT2D eigenvalue weighted by molar-refractivity contribution is 7.11. The van der Waals surface area contributed by atoms with E-state index in [1.807, 2.05) is 6.92 Å². The minimum Gasteiger partial charge on any atom is -0.406 e. The van der Waals surface area contributed by atoms with Crippen LogP contribution in [0.1, 0.15) is 28.4 Å². The Morgan fingerprint density at radius 1 is 1.33 bits per heavy atom. The largest absolute Gasteiger partial charge is 0.573 e. The van der Waals surface area contributed by atoms with E-state index in [9.17, 15) is 18.0 Å². The first kappa shape index (κ1) is 18.1. The highest BCUT2D eigenvalue weighted by Gasteiger charge is 2.31. The maximum atomic E-state index is 12.1. The van der Waals surface area contributed by atoms with Crippen LogP contribution in [0.4, 0.5) is 18.0 Å². The molecule has 1 aromatic heterocycles. The fourth-order valence-electron chi connectivity index (χ4n) is 1.94. The summed E-state index contributed by atoms with van der Waals surface area (Å²) < 4.78 is 40.1. The second-order valence-electron chi connectivity index (χ2n) is 5.01. The summed E-state index contributed by atoms with van der Waals surface area (Å²) in [5.74, 6) is -0.302. The number of amides is 2. The van der Waals surface area contributed by atoms with Crippen molar-refractivity contribution in [2.45, 2.75) is 32.8 Å². The summed E-state index contributed by atoms with van der Waals surface area (Å²) >= 11 is 1.49. The Bertz CT molecular complexity index is 686. The lowest BCUT2D eigenvalue weighted by Crippen LogP contribution is -2.36. The van der Waals surface area contributed by atoms with Crippen LogP contribution in [0.15, 0.2) is 30.5 Å². The number of aryl methyl sites for hydroxylation is 1. The molecule has 1 aromatic carbocycles. The Morgan fingerprint density at radius 3 is 2.54 bits per heavy atom. The minimum atomic E-state index is -4.72. The normalized spacial score (nSPS) is 12.5. The molecule has 2 aromatic rings. The molecule has 2 rings (SSSR count). The maximum absolute atomic E-state index is 12.1. The molecule has 1 heterocycles. The van der Waals surface area contributed by atoms with Crippen molar-refractivity contribution in [3.05, 3.63) is 45.9 Å². The van der Waals surface area contributed by atoms with Crippen molar-refractivity contribution in [3.63, 3.8) is 0 Å². The monoisotopic (exact) mass is 359 g/mol. The predicted octanol–water partition coefficient (Wildman–Crippen LogP) is 3.91. The fraction of sp³-hybridized carbons (Fsp3) is 0.333. The Morgan fingerprint density at radius 2 is 2.00 bits per heavy atom. The number of rotatable bonds is 5. The molecule has 0 saturated carbocycles. The number of carbonyl (C=O) groups excluding carboxylic acids is 1. The second-order valence-corrected chi connectivity index (χ2v) is 6.33. The molecular formula is C15H16F3N3O2S. The van der Waals surface area contributed by atoms with Gasteiger partial charge in [-0.15, -0.1) is 24.5 Å². The molecule has 0 spiro atoms. The van der Waals surface area contributed by atoms with Gasteiger partial charge in [-0.2, -0.15) is 0 Å². The van der Waals surface area contributed by atoms with E-state index < -0.39 is 6.36 Å². The number of ether oxygens (including phenoxy) is 1. The van der Waals surface area contributed by atoms with Crippen molar-refractivity contribution in [2.75, 3.05) is 0 Å². The number of aromatic nitrogens is 1. The van der Waals surface area contributed by atoms with Crippen LogP contribution >= 0.6 is 11.3 Å². The minimum absolute atomic E-state index is 0.302. The van der Waals surface area contributed by atoms with Crippen molar-refractivity contribution in [3.8, 4) is 5.75 Å². The summed E-state index contributed by atoms with van der Waals surface area (Å²) in [5, 5.41) is 6.33. The number of hydrogen-bond acceptors (Lipinski definition) is 4. The summed E-state index contributed by atoms with van der Waals surface area (Å²) in [5.41, 5.74) is 0.660. The zero-order valence-corrected chi connectivity index (χ0v) is 13.8. The Labute approximate surface area is 140 Å². The van der Waals surface area contributed by atoms with E-state index in [2.05, 4.69) is 20.4 Å². The van der Waals surface area contributed by atoms with E-state index in [1.54, 1.807) is 13.1 Å². The zero-order chi connectivity index (χ0) is 17.7. The van der Waals surface area contributed by atoms with E-state index in [4.69, 9.17) is 0 Å². The van der Waals surface area contributed by atoms with Crippen LogP contribution in [0, 0.1) is 6.92 Å². The molecule has 0 aliphatic rings. The lowest BCUT2D eigenvalue weighted by Gasteiger charge is -2.15. The van der Waals surface area contributed by atoms with E-state index in [1.165, 1.54) is 35.6 Å². The van der Waals surface area contributed by atoms with Crippen LogP contribution in [0.3, 0.4) is 0 Å². The van der Waals surface area contributed by atoms with Gasteiger partial charge in [-0.1, -0.05) is 12.1 Å². The molecule has 2 N–H and O–H groups in total. The lowest BCUT2D eigenvalue weighted by atomic mass is 10.1. The lowest BCUT2D eigenvalue weighted by molar-refractivity contribution is -0.274. The fourth-order valence-corrected chi connectivity index (χ4v) is 2.68. The molecule has 9 heteroatoms. The number of nitrogens with one attached hydrogen (secondary N) is 2. The van der Waals surface area contributed by atoms with Crippen molar-refractivity contribution in [1.82, 2.24) is 15.6 Å². The summed E-state index contributed by atoms with van der Waals surface area (Å²) in [4.78, 5) is 16.9. The van der Waals surface area contributed by atoms with Crippen molar-refractivity contribution in [2.24, 2.45) is 0 Å². The van der Waals surface area contributed by atoms with Gasteiger partial charge < -0.3 is 15.4 Å². The molecule has 0 radical (unpaired) electrons. The van der Waals surface area contributed by atoms with Gasteiger partial charge >= 0.3 is 12.4 Å². The number of urea groups is 1. The highest BCUT2D eigenvalue weighted by atomic mass is 32.1. The summed E-state index contributed by atoms with van der Waals surface area (Å²) in [7, 11) is 0. The molecule has 0 unspecified atom stereocenters. The smallest absolute Gasteiger partial charge is 0.406 e. The van der Waals surface area contributed by atoms with Gasteiger partial charge in [0, 0.05) is 11.1 Å². The van der Waals surface area contributed by atoms with Gasteiger partial charge in [0.25, 0.3) is 0 Å². The first-order valence-electron chi connectivity index (χ1n) is 7.04. The van der Waals surface area contributed by atoms with Crippen LogP contribution in [-0.2, 0) is 6.54 Å². The molecule has 24 heavy (non-hydrogen) atoms. The van der Waals surface area contributed by atoms with Crippen molar-refractivity contribution < 1.29 is 22.7 Å². The number of alkyl halides is 3. The summed E-state index contributed by atoms with van der Waals surface area (Å²) in [6, 6.07) is 4.62. The average molecular weight is 359 g/mol.